The van der Waals surface area contributed by atoms with E-state index in [0.29, 0.717) is 6.54 Å². The Morgan fingerprint density at radius 1 is 1.28 bits per heavy atom. The average molecular weight is 257 g/mol. The quantitative estimate of drug-likeness (QED) is 0.638. The fourth-order valence-electron chi connectivity index (χ4n) is 2.62. The molecule has 0 aromatic heterocycles. The first-order valence-corrected chi connectivity index (χ1v) is 6.57. The van der Waals surface area contributed by atoms with Gasteiger partial charge in [0, 0.05) is 19.6 Å². The van der Waals surface area contributed by atoms with Crippen molar-refractivity contribution in [3.63, 3.8) is 0 Å². The molecule has 0 bridgehead atoms. The second-order valence-corrected chi connectivity index (χ2v) is 5.55. The first-order valence-electron chi connectivity index (χ1n) is 6.57. The minimum absolute atomic E-state index is 0.0351. The minimum atomic E-state index is -0.826. The van der Waals surface area contributed by atoms with Crippen LogP contribution >= 0.6 is 0 Å². The molecular weight excluding hydrogens is 234 g/mol. The number of aliphatic hydroxyl groups is 1. The van der Waals surface area contributed by atoms with E-state index in [9.17, 15) is 9.59 Å². The molecule has 0 aliphatic heterocycles. The molecule has 104 valence electrons. The number of amides is 1. The van der Waals surface area contributed by atoms with Gasteiger partial charge in [0.25, 0.3) is 0 Å². The third kappa shape index (κ3) is 4.64. The fourth-order valence-corrected chi connectivity index (χ4v) is 2.62. The van der Waals surface area contributed by atoms with E-state index in [-0.39, 0.29) is 36.7 Å². The SMILES string of the molecule is CC(CO)CNC(=O)CC1(CC(=O)O)CCCC1. The maximum atomic E-state index is 11.8. The van der Waals surface area contributed by atoms with Crippen molar-refractivity contribution < 1.29 is 19.8 Å². The normalized spacial score (nSPS) is 19.4. The standard InChI is InChI=1S/C13H23NO4/c1-10(9-15)8-14-11(16)6-13(7-12(17)18)4-2-3-5-13/h10,15H,2-9H2,1H3,(H,14,16)(H,17,18). The van der Waals surface area contributed by atoms with Crippen molar-refractivity contribution in [2.24, 2.45) is 11.3 Å². The summed E-state index contributed by atoms with van der Waals surface area (Å²) in [5, 5.41) is 20.6. The van der Waals surface area contributed by atoms with Gasteiger partial charge in [0.15, 0.2) is 0 Å². The molecule has 18 heavy (non-hydrogen) atoms. The number of carboxylic acid groups (broad SMARTS) is 1. The summed E-state index contributed by atoms with van der Waals surface area (Å²) >= 11 is 0. The first-order chi connectivity index (χ1) is 8.47. The van der Waals surface area contributed by atoms with Gasteiger partial charge in [-0.05, 0) is 24.2 Å². The zero-order valence-electron chi connectivity index (χ0n) is 10.9. The number of aliphatic carboxylic acids is 1. The largest absolute Gasteiger partial charge is 0.481 e. The van der Waals surface area contributed by atoms with Crippen molar-refractivity contribution in [1.29, 1.82) is 0 Å². The van der Waals surface area contributed by atoms with E-state index >= 15 is 0 Å². The summed E-state index contributed by atoms with van der Waals surface area (Å²) in [5.74, 6) is -0.889. The van der Waals surface area contributed by atoms with Crippen LogP contribution in [0.2, 0.25) is 0 Å². The van der Waals surface area contributed by atoms with Gasteiger partial charge in [0.1, 0.15) is 0 Å². The van der Waals surface area contributed by atoms with Crippen LogP contribution in [-0.2, 0) is 9.59 Å². The highest BCUT2D eigenvalue weighted by atomic mass is 16.4. The van der Waals surface area contributed by atoms with Crippen molar-refractivity contribution in [3.8, 4) is 0 Å². The second kappa shape index (κ2) is 6.73. The summed E-state index contributed by atoms with van der Waals surface area (Å²) in [4.78, 5) is 22.7. The number of hydrogen-bond donors (Lipinski definition) is 3. The van der Waals surface area contributed by atoms with Crippen LogP contribution in [0.4, 0.5) is 0 Å². The first kappa shape index (κ1) is 15.0. The van der Waals surface area contributed by atoms with Crippen LogP contribution < -0.4 is 5.32 Å². The Hall–Kier alpha value is -1.10. The fraction of sp³-hybridized carbons (Fsp3) is 0.846. The lowest BCUT2D eigenvalue weighted by atomic mass is 9.79. The molecule has 1 amide bonds. The van der Waals surface area contributed by atoms with Gasteiger partial charge in [-0.15, -0.1) is 0 Å². The molecule has 0 aromatic rings. The van der Waals surface area contributed by atoms with Crippen LogP contribution in [0, 0.1) is 11.3 Å². The molecule has 3 N–H and O–H groups in total. The van der Waals surface area contributed by atoms with Gasteiger partial charge in [-0.1, -0.05) is 19.8 Å². The van der Waals surface area contributed by atoms with Crippen LogP contribution in [0.25, 0.3) is 0 Å². The van der Waals surface area contributed by atoms with E-state index in [1.807, 2.05) is 6.92 Å². The highest BCUT2D eigenvalue weighted by Crippen LogP contribution is 2.43. The second-order valence-electron chi connectivity index (χ2n) is 5.55. The summed E-state index contributed by atoms with van der Waals surface area (Å²) in [6, 6.07) is 0. The van der Waals surface area contributed by atoms with E-state index in [1.54, 1.807) is 0 Å². The molecule has 5 heteroatoms. The Morgan fingerprint density at radius 3 is 2.39 bits per heavy atom. The Morgan fingerprint density at radius 2 is 1.89 bits per heavy atom. The zero-order valence-corrected chi connectivity index (χ0v) is 10.9. The van der Waals surface area contributed by atoms with Gasteiger partial charge < -0.3 is 15.5 Å². The Labute approximate surface area is 108 Å². The highest BCUT2D eigenvalue weighted by Gasteiger charge is 2.37. The van der Waals surface area contributed by atoms with Crippen LogP contribution in [0.1, 0.15) is 45.4 Å². The number of aliphatic hydroxyl groups excluding tert-OH is 1. The summed E-state index contributed by atoms with van der Waals surface area (Å²) in [6.07, 6.45) is 4.03. The van der Waals surface area contributed by atoms with Crippen molar-refractivity contribution in [1.82, 2.24) is 5.32 Å². The maximum absolute atomic E-state index is 11.8. The van der Waals surface area contributed by atoms with E-state index in [1.165, 1.54) is 0 Å². The van der Waals surface area contributed by atoms with Crippen molar-refractivity contribution in [2.75, 3.05) is 13.2 Å². The zero-order chi connectivity index (χ0) is 13.6. The van der Waals surface area contributed by atoms with E-state index < -0.39 is 5.97 Å². The Balaban J connectivity index is 2.46. The van der Waals surface area contributed by atoms with Crippen LogP contribution in [0.5, 0.6) is 0 Å². The van der Waals surface area contributed by atoms with Crippen molar-refractivity contribution in [2.45, 2.75) is 45.4 Å². The molecule has 0 radical (unpaired) electrons. The third-order valence-electron chi connectivity index (χ3n) is 3.69. The molecule has 1 atom stereocenters. The lowest BCUT2D eigenvalue weighted by Gasteiger charge is -2.26. The minimum Gasteiger partial charge on any atom is -0.481 e. The number of carboxylic acids is 1. The smallest absolute Gasteiger partial charge is 0.303 e. The predicted octanol–water partition coefficient (Wildman–Crippen LogP) is 1.16. The van der Waals surface area contributed by atoms with Crippen molar-refractivity contribution in [3.05, 3.63) is 0 Å². The molecule has 0 aromatic carbocycles. The number of hydrogen-bond acceptors (Lipinski definition) is 3. The molecule has 1 rings (SSSR count). The Kier molecular flexibility index (Phi) is 5.59. The summed E-state index contributed by atoms with van der Waals surface area (Å²) in [6.45, 7) is 2.34. The van der Waals surface area contributed by atoms with E-state index in [2.05, 4.69) is 5.32 Å². The van der Waals surface area contributed by atoms with Gasteiger partial charge in [-0.2, -0.15) is 0 Å². The summed E-state index contributed by atoms with van der Waals surface area (Å²) in [5.41, 5.74) is -0.349. The monoisotopic (exact) mass is 257 g/mol. The van der Waals surface area contributed by atoms with E-state index in [4.69, 9.17) is 10.2 Å². The number of carbonyl (C=O) groups excluding carboxylic acids is 1. The molecule has 1 aliphatic rings. The number of carbonyl (C=O) groups is 2. The average Bonchev–Trinajstić information content (AvgIpc) is 2.73. The number of rotatable bonds is 7. The Bertz CT molecular complexity index is 297. The molecule has 5 nitrogen and oxygen atoms in total. The molecule has 1 fully saturated rings. The van der Waals surface area contributed by atoms with E-state index in [0.717, 1.165) is 25.7 Å². The molecular formula is C13H23NO4. The topological polar surface area (TPSA) is 86.6 Å². The number of nitrogens with one attached hydrogen (secondary N) is 1. The lowest BCUT2D eigenvalue weighted by Crippen LogP contribution is -2.34. The summed E-state index contributed by atoms with van der Waals surface area (Å²) < 4.78 is 0. The molecule has 1 unspecified atom stereocenters. The molecule has 0 saturated heterocycles. The van der Waals surface area contributed by atoms with Crippen LogP contribution in [0.3, 0.4) is 0 Å². The maximum Gasteiger partial charge on any atom is 0.303 e. The highest BCUT2D eigenvalue weighted by molar-refractivity contribution is 5.78. The van der Waals surface area contributed by atoms with Crippen LogP contribution in [0.15, 0.2) is 0 Å². The van der Waals surface area contributed by atoms with Crippen molar-refractivity contribution >= 4 is 11.9 Å². The van der Waals surface area contributed by atoms with Gasteiger partial charge in [0.05, 0.1) is 6.42 Å². The van der Waals surface area contributed by atoms with Gasteiger partial charge in [-0.3, -0.25) is 9.59 Å². The van der Waals surface area contributed by atoms with Crippen LogP contribution in [-0.4, -0.2) is 35.2 Å². The van der Waals surface area contributed by atoms with Gasteiger partial charge in [0.2, 0.25) is 5.91 Å². The molecule has 0 heterocycles. The molecule has 1 saturated carbocycles. The predicted molar refractivity (Wildman–Crippen MR) is 67.0 cm³/mol. The van der Waals surface area contributed by atoms with Gasteiger partial charge in [-0.25, -0.2) is 0 Å². The van der Waals surface area contributed by atoms with Gasteiger partial charge >= 0.3 is 5.97 Å². The summed E-state index contributed by atoms with van der Waals surface area (Å²) in [7, 11) is 0. The molecule has 1 aliphatic carbocycles. The lowest BCUT2D eigenvalue weighted by molar-refractivity contribution is -0.140. The molecule has 0 spiro atoms. The third-order valence-corrected chi connectivity index (χ3v) is 3.69.